The van der Waals surface area contributed by atoms with Crippen molar-refractivity contribution in [3.05, 3.63) is 0 Å². The van der Waals surface area contributed by atoms with Crippen molar-refractivity contribution in [2.75, 3.05) is 13.2 Å². The van der Waals surface area contributed by atoms with E-state index in [1.807, 2.05) is 0 Å². The van der Waals surface area contributed by atoms with E-state index in [1.54, 1.807) is 0 Å². The maximum Gasteiger partial charge on any atom is 0.306 e. The van der Waals surface area contributed by atoms with Crippen molar-refractivity contribution in [1.29, 1.82) is 0 Å². The van der Waals surface area contributed by atoms with Gasteiger partial charge in [-0.15, -0.1) is 0 Å². The van der Waals surface area contributed by atoms with Gasteiger partial charge in [0.15, 0.2) is 6.10 Å². The highest BCUT2D eigenvalue weighted by Gasteiger charge is 2.19. The van der Waals surface area contributed by atoms with Crippen LogP contribution in [-0.2, 0) is 28.6 Å². The Bertz CT molecular complexity index is 998. The van der Waals surface area contributed by atoms with Crippen LogP contribution in [-0.4, -0.2) is 37.2 Å². The molecule has 0 bridgehead atoms. The summed E-state index contributed by atoms with van der Waals surface area (Å²) in [6, 6.07) is 0. The molecule has 0 aromatic rings. The lowest BCUT2D eigenvalue weighted by Crippen LogP contribution is -2.30. The quantitative estimate of drug-likeness (QED) is 0.0343. The molecule has 0 aliphatic rings. The van der Waals surface area contributed by atoms with Gasteiger partial charge in [0.25, 0.3) is 0 Å². The third-order valence-corrected chi connectivity index (χ3v) is 14.1. The average molecular weight is 948 g/mol. The fourth-order valence-corrected chi connectivity index (χ4v) is 9.51. The number of hydrogen-bond acceptors (Lipinski definition) is 6. The van der Waals surface area contributed by atoms with Crippen LogP contribution in [0.5, 0.6) is 0 Å². The molecule has 0 saturated heterocycles. The molecule has 6 nitrogen and oxygen atoms in total. The molecule has 0 spiro atoms. The molecule has 0 N–H and O–H groups in total. The number of carbonyl (C=O) groups is 3. The van der Waals surface area contributed by atoms with E-state index in [0.717, 1.165) is 57.8 Å². The van der Waals surface area contributed by atoms with Crippen LogP contribution in [0, 0.1) is 0 Å². The predicted molar refractivity (Wildman–Crippen MR) is 289 cm³/mol. The topological polar surface area (TPSA) is 78.9 Å². The minimum Gasteiger partial charge on any atom is -0.462 e. The van der Waals surface area contributed by atoms with Crippen LogP contribution in [0.1, 0.15) is 355 Å². The van der Waals surface area contributed by atoms with Crippen LogP contribution >= 0.6 is 0 Å². The predicted octanol–water partition coefficient (Wildman–Crippen LogP) is 20.3. The maximum atomic E-state index is 12.7. The van der Waals surface area contributed by atoms with E-state index in [0.29, 0.717) is 19.3 Å². The lowest BCUT2D eigenvalue weighted by molar-refractivity contribution is -0.167. The minimum absolute atomic E-state index is 0.0626. The first-order valence-electron chi connectivity index (χ1n) is 30.5. The molecule has 0 saturated carbocycles. The van der Waals surface area contributed by atoms with E-state index in [1.165, 1.54) is 257 Å². The van der Waals surface area contributed by atoms with Gasteiger partial charge in [-0.05, 0) is 19.3 Å². The smallest absolute Gasteiger partial charge is 0.306 e. The standard InChI is InChI=1S/C61H118O6/c1-4-7-10-13-16-18-20-21-22-23-24-25-26-27-28-29-30-31-32-33-34-35-36-37-38-39-40-41-43-45-48-51-54-60(63)66-57-58(56-65-59(62)53-50-47-44-15-12-9-6-3)67-61(64)55-52-49-46-42-19-17-14-11-8-5-2/h58H,4-57H2,1-3H3. The van der Waals surface area contributed by atoms with Gasteiger partial charge in [-0.2, -0.15) is 0 Å². The van der Waals surface area contributed by atoms with Crippen molar-refractivity contribution < 1.29 is 28.6 Å². The zero-order chi connectivity index (χ0) is 48.6. The zero-order valence-electron chi connectivity index (χ0n) is 45.7. The van der Waals surface area contributed by atoms with Crippen molar-refractivity contribution >= 4 is 17.9 Å². The highest BCUT2D eigenvalue weighted by molar-refractivity contribution is 5.71. The first kappa shape index (κ1) is 65.4. The second kappa shape index (κ2) is 57.0. The van der Waals surface area contributed by atoms with Crippen LogP contribution in [0.4, 0.5) is 0 Å². The van der Waals surface area contributed by atoms with Gasteiger partial charge in [0.1, 0.15) is 13.2 Å². The van der Waals surface area contributed by atoms with Crippen molar-refractivity contribution in [2.24, 2.45) is 0 Å². The molecule has 0 aliphatic carbocycles. The molecule has 0 aliphatic heterocycles. The van der Waals surface area contributed by atoms with E-state index >= 15 is 0 Å². The number of ether oxygens (including phenoxy) is 3. The Balaban J connectivity index is 3.84. The molecule has 1 unspecified atom stereocenters. The molecule has 1 atom stereocenters. The van der Waals surface area contributed by atoms with Crippen molar-refractivity contribution in [2.45, 2.75) is 361 Å². The minimum atomic E-state index is -0.759. The van der Waals surface area contributed by atoms with Gasteiger partial charge < -0.3 is 14.2 Å². The van der Waals surface area contributed by atoms with E-state index < -0.39 is 6.10 Å². The van der Waals surface area contributed by atoms with Crippen molar-refractivity contribution in [3.63, 3.8) is 0 Å². The summed E-state index contributed by atoms with van der Waals surface area (Å²) < 4.78 is 16.7. The summed E-state index contributed by atoms with van der Waals surface area (Å²) in [5.41, 5.74) is 0. The fraction of sp³-hybridized carbons (Fsp3) is 0.951. The largest absolute Gasteiger partial charge is 0.462 e. The molecular weight excluding hydrogens is 829 g/mol. The lowest BCUT2D eigenvalue weighted by Gasteiger charge is -2.18. The Labute approximate surface area is 418 Å². The Morgan fingerprint density at radius 1 is 0.239 bits per heavy atom. The summed E-state index contributed by atoms with van der Waals surface area (Å²) in [5.74, 6) is -0.849. The SMILES string of the molecule is CCCCCCCCCCCCCCCCCCCCCCCCCCCCCCCCCCC(=O)OCC(COC(=O)CCCCCCCCC)OC(=O)CCCCCCCCCCCC. The number of esters is 3. The van der Waals surface area contributed by atoms with E-state index in [9.17, 15) is 14.4 Å². The van der Waals surface area contributed by atoms with Gasteiger partial charge in [-0.25, -0.2) is 0 Å². The van der Waals surface area contributed by atoms with Crippen LogP contribution in [0.15, 0.2) is 0 Å². The van der Waals surface area contributed by atoms with Gasteiger partial charge in [0, 0.05) is 19.3 Å². The highest BCUT2D eigenvalue weighted by atomic mass is 16.6. The van der Waals surface area contributed by atoms with Crippen molar-refractivity contribution in [3.8, 4) is 0 Å². The third kappa shape index (κ3) is 55.2. The molecule has 0 aromatic carbocycles. The molecule has 0 fully saturated rings. The molecule has 0 rings (SSSR count). The summed E-state index contributed by atoms with van der Waals surface area (Å²) in [7, 11) is 0. The molecule has 0 aromatic heterocycles. The number of unbranched alkanes of at least 4 members (excludes halogenated alkanes) is 46. The summed E-state index contributed by atoms with van der Waals surface area (Å²) in [6.07, 6.45) is 64.5. The highest BCUT2D eigenvalue weighted by Crippen LogP contribution is 2.18. The van der Waals surface area contributed by atoms with Gasteiger partial charge in [0.2, 0.25) is 0 Å². The molecule has 0 amide bonds. The van der Waals surface area contributed by atoms with Crippen LogP contribution in [0.25, 0.3) is 0 Å². The van der Waals surface area contributed by atoms with Crippen LogP contribution < -0.4 is 0 Å². The average Bonchev–Trinajstić information content (AvgIpc) is 3.33. The second-order valence-electron chi connectivity index (χ2n) is 21.0. The second-order valence-corrected chi connectivity index (χ2v) is 21.0. The van der Waals surface area contributed by atoms with Crippen LogP contribution in [0.3, 0.4) is 0 Å². The van der Waals surface area contributed by atoms with E-state index in [2.05, 4.69) is 20.8 Å². The first-order chi connectivity index (χ1) is 33.0. The summed E-state index contributed by atoms with van der Waals surface area (Å²) in [5, 5.41) is 0. The molecule has 6 heteroatoms. The summed E-state index contributed by atoms with van der Waals surface area (Å²) >= 11 is 0. The summed E-state index contributed by atoms with van der Waals surface area (Å²) in [4.78, 5) is 37.8. The number of carbonyl (C=O) groups excluding carboxylic acids is 3. The van der Waals surface area contributed by atoms with E-state index in [-0.39, 0.29) is 31.1 Å². The molecule has 398 valence electrons. The first-order valence-corrected chi connectivity index (χ1v) is 30.5. The van der Waals surface area contributed by atoms with Crippen molar-refractivity contribution in [1.82, 2.24) is 0 Å². The van der Waals surface area contributed by atoms with Gasteiger partial charge in [0.05, 0.1) is 0 Å². The lowest BCUT2D eigenvalue weighted by atomic mass is 10.0. The number of rotatable bonds is 57. The van der Waals surface area contributed by atoms with Gasteiger partial charge >= 0.3 is 17.9 Å². The Kier molecular flexibility index (Phi) is 55.6. The monoisotopic (exact) mass is 947 g/mol. The van der Waals surface area contributed by atoms with Gasteiger partial charge in [-0.1, -0.05) is 316 Å². The Morgan fingerprint density at radius 3 is 0.597 bits per heavy atom. The molecular formula is C61H118O6. The van der Waals surface area contributed by atoms with E-state index in [4.69, 9.17) is 14.2 Å². The molecule has 0 radical (unpaired) electrons. The van der Waals surface area contributed by atoms with Crippen LogP contribution in [0.2, 0.25) is 0 Å². The Hall–Kier alpha value is -1.59. The third-order valence-electron chi connectivity index (χ3n) is 14.1. The van der Waals surface area contributed by atoms with Gasteiger partial charge in [-0.3, -0.25) is 14.4 Å². The number of hydrogen-bond donors (Lipinski definition) is 0. The zero-order valence-corrected chi connectivity index (χ0v) is 45.7. The molecule has 0 heterocycles. The fourth-order valence-electron chi connectivity index (χ4n) is 9.51. The normalized spacial score (nSPS) is 11.9. The maximum absolute atomic E-state index is 12.7. The molecule has 67 heavy (non-hydrogen) atoms. The Morgan fingerprint density at radius 2 is 0.403 bits per heavy atom. The summed E-state index contributed by atoms with van der Waals surface area (Å²) in [6.45, 7) is 6.64.